The normalized spacial score (nSPS) is 20.4. The van der Waals surface area contributed by atoms with Crippen molar-refractivity contribution in [1.82, 2.24) is 14.9 Å². The summed E-state index contributed by atoms with van der Waals surface area (Å²) in [6, 6.07) is 7.11. The number of carbonyl (C=O) groups is 2. The molecular weight excluding hydrogens is 488 g/mol. The quantitative estimate of drug-likeness (QED) is 0.546. The Morgan fingerprint density at radius 2 is 1.73 bits per heavy atom. The Morgan fingerprint density at radius 3 is 2.36 bits per heavy atom. The number of esters is 1. The van der Waals surface area contributed by atoms with E-state index in [9.17, 15) is 9.59 Å². The number of aromatic nitrogens is 2. The number of fused-ring (bicyclic) bond motifs is 1. The maximum atomic E-state index is 12.7. The second-order valence-corrected chi connectivity index (χ2v) is 10.4. The first-order chi connectivity index (χ1) is 15.6. The summed E-state index contributed by atoms with van der Waals surface area (Å²) in [6.45, 7) is 10.1. The van der Waals surface area contributed by atoms with Crippen molar-refractivity contribution in [3.8, 4) is 0 Å². The summed E-state index contributed by atoms with van der Waals surface area (Å²) in [4.78, 5) is 38.0. The highest BCUT2D eigenvalue weighted by molar-refractivity contribution is 9.10. The lowest BCUT2D eigenvalue weighted by atomic mass is 10.1. The van der Waals surface area contributed by atoms with Gasteiger partial charge in [-0.1, -0.05) is 22.9 Å². The molecule has 176 valence electrons. The lowest BCUT2D eigenvalue weighted by Crippen LogP contribution is -2.50. The Labute approximate surface area is 202 Å². The third kappa shape index (κ3) is 5.29. The fourth-order valence-electron chi connectivity index (χ4n) is 4.25. The minimum Gasteiger partial charge on any atom is -0.452 e. The van der Waals surface area contributed by atoms with Crippen LogP contribution < -0.4 is 4.90 Å². The van der Waals surface area contributed by atoms with Crippen LogP contribution in [0.1, 0.15) is 67.8 Å². The number of amides is 1. The number of ether oxygens (including phenoxy) is 2. The fraction of sp³-hybridized carbons (Fsp3) is 0.500. The van der Waals surface area contributed by atoms with E-state index >= 15 is 0 Å². The van der Waals surface area contributed by atoms with Crippen LogP contribution in [0.2, 0.25) is 0 Å². The van der Waals surface area contributed by atoms with Gasteiger partial charge in [0.1, 0.15) is 23.9 Å². The summed E-state index contributed by atoms with van der Waals surface area (Å²) >= 11 is 3.38. The van der Waals surface area contributed by atoms with Crippen LogP contribution in [0.4, 0.5) is 10.6 Å². The summed E-state index contributed by atoms with van der Waals surface area (Å²) < 4.78 is 12.2. The number of hydrogen-bond donors (Lipinski definition) is 0. The molecule has 1 aliphatic carbocycles. The third-order valence-electron chi connectivity index (χ3n) is 5.82. The molecule has 1 saturated heterocycles. The molecule has 2 heterocycles. The Balaban J connectivity index is 1.46. The van der Waals surface area contributed by atoms with Gasteiger partial charge in [0.25, 0.3) is 0 Å². The van der Waals surface area contributed by atoms with Gasteiger partial charge in [0.05, 0.1) is 11.3 Å². The van der Waals surface area contributed by atoms with Crippen LogP contribution in [0.5, 0.6) is 0 Å². The standard InChI is InChI=1S/C24H29BrN4O4/c1-15-13-18(32-22(30)16-5-7-17(25)8-6-16)20-19(15)21(27-14-26-20)28-9-11-29(12-10-28)23(31)33-24(2,3)4/h5-8,14-15,18H,9-13H2,1-4H3. The number of hydrogen-bond acceptors (Lipinski definition) is 7. The largest absolute Gasteiger partial charge is 0.452 e. The van der Waals surface area contributed by atoms with Crippen molar-refractivity contribution >= 4 is 33.8 Å². The fourth-order valence-corrected chi connectivity index (χ4v) is 4.51. The highest BCUT2D eigenvalue weighted by atomic mass is 79.9. The van der Waals surface area contributed by atoms with Gasteiger partial charge in [-0.2, -0.15) is 0 Å². The van der Waals surface area contributed by atoms with Crippen molar-refractivity contribution < 1.29 is 19.1 Å². The number of rotatable bonds is 3. The highest BCUT2D eigenvalue weighted by Gasteiger charge is 2.37. The van der Waals surface area contributed by atoms with Crippen LogP contribution in [0, 0.1) is 0 Å². The Hall–Kier alpha value is -2.68. The predicted molar refractivity (Wildman–Crippen MR) is 127 cm³/mol. The number of nitrogens with zero attached hydrogens (tertiary/aromatic N) is 4. The van der Waals surface area contributed by atoms with Gasteiger partial charge >= 0.3 is 12.1 Å². The van der Waals surface area contributed by atoms with Crippen LogP contribution in [-0.2, 0) is 9.47 Å². The van der Waals surface area contributed by atoms with Gasteiger partial charge in [-0.05, 0) is 57.4 Å². The number of carbonyl (C=O) groups excluding carboxylic acids is 2. The first-order valence-electron chi connectivity index (χ1n) is 11.2. The Bertz CT molecular complexity index is 1030. The lowest BCUT2D eigenvalue weighted by Gasteiger charge is -2.37. The molecule has 1 aliphatic heterocycles. The molecule has 0 bridgehead atoms. The van der Waals surface area contributed by atoms with E-state index in [1.54, 1.807) is 17.0 Å². The lowest BCUT2D eigenvalue weighted by molar-refractivity contribution is 0.0238. The monoisotopic (exact) mass is 516 g/mol. The maximum Gasteiger partial charge on any atom is 0.410 e. The molecule has 0 spiro atoms. The van der Waals surface area contributed by atoms with Crippen molar-refractivity contribution in [2.24, 2.45) is 0 Å². The van der Waals surface area contributed by atoms with Gasteiger partial charge in [-0.25, -0.2) is 19.6 Å². The molecular formula is C24H29BrN4O4. The van der Waals surface area contributed by atoms with E-state index in [0.29, 0.717) is 38.2 Å². The smallest absolute Gasteiger partial charge is 0.410 e. The van der Waals surface area contributed by atoms with E-state index in [0.717, 1.165) is 21.5 Å². The second kappa shape index (κ2) is 9.29. The molecule has 2 aromatic rings. The summed E-state index contributed by atoms with van der Waals surface area (Å²) in [5, 5.41) is 0. The average Bonchev–Trinajstić information content (AvgIpc) is 3.08. The summed E-state index contributed by atoms with van der Waals surface area (Å²) in [7, 11) is 0. The van der Waals surface area contributed by atoms with Crippen LogP contribution >= 0.6 is 15.9 Å². The minimum atomic E-state index is -0.514. The number of piperazine rings is 1. The Kier molecular flexibility index (Phi) is 6.61. The summed E-state index contributed by atoms with van der Waals surface area (Å²) in [6.07, 6.45) is 1.51. The molecule has 2 atom stereocenters. The van der Waals surface area contributed by atoms with Gasteiger partial charge in [0.2, 0.25) is 0 Å². The molecule has 9 heteroatoms. The van der Waals surface area contributed by atoms with E-state index in [1.165, 1.54) is 6.33 Å². The zero-order valence-corrected chi connectivity index (χ0v) is 21.0. The van der Waals surface area contributed by atoms with E-state index in [2.05, 4.69) is 37.7 Å². The molecule has 1 aromatic heterocycles. The van der Waals surface area contributed by atoms with Crippen molar-refractivity contribution in [1.29, 1.82) is 0 Å². The Morgan fingerprint density at radius 1 is 1.06 bits per heavy atom. The third-order valence-corrected chi connectivity index (χ3v) is 6.35. The van der Waals surface area contributed by atoms with Crippen molar-refractivity contribution in [3.63, 3.8) is 0 Å². The van der Waals surface area contributed by atoms with Crippen LogP contribution in [0.3, 0.4) is 0 Å². The molecule has 8 nitrogen and oxygen atoms in total. The maximum absolute atomic E-state index is 12.7. The molecule has 33 heavy (non-hydrogen) atoms. The SMILES string of the molecule is CC1CC(OC(=O)c2ccc(Br)cc2)c2ncnc(N3CCN(C(=O)OC(C)(C)C)CC3)c21. The van der Waals surface area contributed by atoms with Crippen molar-refractivity contribution in [2.45, 2.75) is 51.7 Å². The molecule has 0 N–H and O–H groups in total. The van der Waals surface area contributed by atoms with E-state index in [4.69, 9.17) is 9.47 Å². The van der Waals surface area contributed by atoms with Crippen molar-refractivity contribution in [2.75, 3.05) is 31.1 Å². The minimum absolute atomic E-state index is 0.155. The van der Waals surface area contributed by atoms with Gasteiger partial charge in [-0.15, -0.1) is 0 Å². The molecule has 0 saturated carbocycles. The first-order valence-corrected chi connectivity index (χ1v) is 12.0. The van der Waals surface area contributed by atoms with Crippen LogP contribution in [0.15, 0.2) is 35.1 Å². The van der Waals surface area contributed by atoms with Crippen LogP contribution in [-0.4, -0.2) is 58.7 Å². The van der Waals surface area contributed by atoms with Gasteiger partial charge in [-0.3, -0.25) is 0 Å². The van der Waals surface area contributed by atoms with Gasteiger partial charge in [0.15, 0.2) is 0 Å². The molecule has 1 aromatic carbocycles. The van der Waals surface area contributed by atoms with Gasteiger partial charge in [0, 0.05) is 36.2 Å². The number of benzene rings is 1. The molecule has 1 amide bonds. The van der Waals surface area contributed by atoms with Crippen molar-refractivity contribution in [3.05, 3.63) is 51.9 Å². The molecule has 4 rings (SSSR count). The second-order valence-electron chi connectivity index (χ2n) is 9.49. The van der Waals surface area contributed by atoms with E-state index in [-0.39, 0.29) is 18.0 Å². The predicted octanol–water partition coefficient (Wildman–Crippen LogP) is 4.70. The summed E-state index contributed by atoms with van der Waals surface area (Å²) in [5.41, 5.74) is 1.79. The molecule has 2 aliphatic rings. The summed E-state index contributed by atoms with van der Waals surface area (Å²) in [5.74, 6) is 0.653. The van der Waals surface area contributed by atoms with E-state index < -0.39 is 11.7 Å². The molecule has 1 fully saturated rings. The zero-order chi connectivity index (χ0) is 23.8. The average molecular weight is 517 g/mol. The zero-order valence-electron chi connectivity index (χ0n) is 19.4. The number of halogens is 1. The van der Waals surface area contributed by atoms with E-state index in [1.807, 2.05) is 32.9 Å². The number of anilines is 1. The topological polar surface area (TPSA) is 84.9 Å². The van der Waals surface area contributed by atoms with Crippen LogP contribution in [0.25, 0.3) is 0 Å². The molecule has 2 unspecified atom stereocenters. The first kappa shape index (κ1) is 23.5. The highest BCUT2D eigenvalue weighted by Crippen LogP contribution is 2.45. The molecule has 0 radical (unpaired) electrons. The van der Waals surface area contributed by atoms with Gasteiger partial charge < -0.3 is 19.3 Å².